The molecule has 2 N–H and O–H groups in total. The zero-order valence-electron chi connectivity index (χ0n) is 15.2. The van der Waals surface area contributed by atoms with Crippen molar-refractivity contribution in [3.63, 3.8) is 0 Å². The molecule has 1 aromatic rings. The Balaban J connectivity index is 1.62. The minimum Gasteiger partial charge on any atom is -0.395 e. The fourth-order valence-electron chi connectivity index (χ4n) is 4.47. The van der Waals surface area contributed by atoms with Gasteiger partial charge in [-0.2, -0.15) is 0 Å². The molecular formula is C21H32N2O2. The number of nitrogens with zero attached hydrogens (tertiary/aromatic N) is 2. The van der Waals surface area contributed by atoms with E-state index in [9.17, 15) is 10.2 Å². The van der Waals surface area contributed by atoms with Gasteiger partial charge < -0.3 is 10.2 Å². The standard InChI is InChI=1S/C21H32N2O2/c24-17-16-22(13-6-10-19-8-2-1-3-9-19)18-21(25)12-7-15-23-14-5-4-11-20(21)23/h1-3,6,8-10,20,24-25H,4-5,7,11-18H2/t20-,21-/m1/s1. The Morgan fingerprint density at radius 1 is 1.16 bits per heavy atom. The van der Waals surface area contributed by atoms with E-state index in [0.29, 0.717) is 13.1 Å². The minimum absolute atomic E-state index is 0.129. The Hall–Kier alpha value is -1.20. The van der Waals surface area contributed by atoms with Crippen molar-refractivity contribution in [2.75, 3.05) is 39.3 Å². The lowest BCUT2D eigenvalue weighted by Crippen LogP contribution is -2.62. The van der Waals surface area contributed by atoms with Crippen LogP contribution in [0.3, 0.4) is 0 Å². The molecule has 0 aromatic heterocycles. The first-order chi connectivity index (χ1) is 12.2. The van der Waals surface area contributed by atoms with Gasteiger partial charge in [-0.25, -0.2) is 0 Å². The van der Waals surface area contributed by atoms with Crippen LogP contribution in [-0.2, 0) is 0 Å². The average molecular weight is 344 g/mol. The summed E-state index contributed by atoms with van der Waals surface area (Å²) in [6, 6.07) is 10.5. The molecule has 2 fully saturated rings. The van der Waals surface area contributed by atoms with Gasteiger partial charge in [-0.05, 0) is 44.3 Å². The molecule has 2 atom stereocenters. The zero-order valence-corrected chi connectivity index (χ0v) is 15.2. The molecule has 138 valence electrons. The van der Waals surface area contributed by atoms with Crippen LogP contribution < -0.4 is 0 Å². The summed E-state index contributed by atoms with van der Waals surface area (Å²) in [5.74, 6) is 0. The van der Waals surface area contributed by atoms with E-state index in [1.54, 1.807) is 0 Å². The molecule has 4 heteroatoms. The topological polar surface area (TPSA) is 46.9 Å². The predicted molar refractivity (Wildman–Crippen MR) is 102 cm³/mol. The summed E-state index contributed by atoms with van der Waals surface area (Å²) in [4.78, 5) is 4.68. The van der Waals surface area contributed by atoms with Crippen molar-refractivity contribution in [3.05, 3.63) is 42.0 Å². The lowest BCUT2D eigenvalue weighted by atomic mass is 9.79. The molecule has 0 aliphatic carbocycles. The number of benzene rings is 1. The molecule has 0 bridgehead atoms. The van der Waals surface area contributed by atoms with Crippen molar-refractivity contribution in [2.24, 2.45) is 0 Å². The highest BCUT2D eigenvalue weighted by Gasteiger charge is 2.44. The van der Waals surface area contributed by atoms with E-state index < -0.39 is 5.60 Å². The maximum atomic E-state index is 11.4. The normalized spacial score (nSPS) is 27.7. The van der Waals surface area contributed by atoms with Crippen LogP contribution >= 0.6 is 0 Å². The monoisotopic (exact) mass is 344 g/mol. The van der Waals surface area contributed by atoms with Crippen molar-refractivity contribution in [2.45, 2.75) is 43.7 Å². The minimum atomic E-state index is -0.644. The quantitative estimate of drug-likeness (QED) is 0.797. The van der Waals surface area contributed by atoms with Crippen molar-refractivity contribution < 1.29 is 10.2 Å². The Labute approximate surface area is 151 Å². The van der Waals surface area contributed by atoms with E-state index in [2.05, 4.69) is 34.1 Å². The summed E-state index contributed by atoms with van der Waals surface area (Å²) in [7, 11) is 0. The second kappa shape index (κ2) is 8.95. The molecule has 3 rings (SSSR count). The Morgan fingerprint density at radius 3 is 2.76 bits per heavy atom. The number of fused-ring (bicyclic) bond motifs is 1. The van der Waals surface area contributed by atoms with Crippen molar-refractivity contribution in [3.8, 4) is 0 Å². The number of rotatable bonds is 7. The highest BCUT2D eigenvalue weighted by Crippen LogP contribution is 2.34. The van der Waals surface area contributed by atoms with Gasteiger partial charge in [0.15, 0.2) is 0 Å². The zero-order chi connectivity index (χ0) is 17.5. The Bertz CT molecular complexity index is 546. The van der Waals surface area contributed by atoms with E-state index in [-0.39, 0.29) is 12.6 Å². The molecule has 2 saturated heterocycles. The lowest BCUT2D eigenvalue weighted by molar-refractivity contribution is -0.109. The van der Waals surface area contributed by atoms with Crippen molar-refractivity contribution >= 4 is 6.08 Å². The fraction of sp³-hybridized carbons (Fsp3) is 0.619. The first kappa shape index (κ1) is 18.6. The molecule has 2 aliphatic heterocycles. The number of hydrogen-bond donors (Lipinski definition) is 2. The molecule has 2 aliphatic rings. The highest BCUT2D eigenvalue weighted by atomic mass is 16.3. The summed E-state index contributed by atoms with van der Waals surface area (Å²) in [6.45, 7) is 4.39. The SMILES string of the molecule is OCCN(CC=Cc1ccccc1)C[C@]1(O)CCCN2CCCC[C@@H]21. The van der Waals surface area contributed by atoms with Crippen LogP contribution in [0.15, 0.2) is 36.4 Å². The van der Waals surface area contributed by atoms with Gasteiger partial charge in [0.05, 0.1) is 12.2 Å². The van der Waals surface area contributed by atoms with Crippen LogP contribution in [0.4, 0.5) is 0 Å². The maximum Gasteiger partial charge on any atom is 0.0928 e. The van der Waals surface area contributed by atoms with Crippen LogP contribution in [0.1, 0.15) is 37.7 Å². The highest BCUT2D eigenvalue weighted by molar-refractivity contribution is 5.48. The molecule has 0 unspecified atom stereocenters. The molecule has 0 saturated carbocycles. The van der Waals surface area contributed by atoms with Gasteiger partial charge in [0.2, 0.25) is 0 Å². The smallest absolute Gasteiger partial charge is 0.0928 e. The summed E-state index contributed by atoms with van der Waals surface area (Å²) < 4.78 is 0. The van der Waals surface area contributed by atoms with Crippen molar-refractivity contribution in [1.82, 2.24) is 9.80 Å². The van der Waals surface area contributed by atoms with Crippen LogP contribution in [-0.4, -0.2) is 71.0 Å². The molecule has 4 nitrogen and oxygen atoms in total. The molecule has 0 spiro atoms. The van der Waals surface area contributed by atoms with Gasteiger partial charge in [0, 0.05) is 25.7 Å². The molecule has 0 radical (unpaired) electrons. The third-order valence-corrected chi connectivity index (χ3v) is 5.68. The van der Waals surface area contributed by atoms with Gasteiger partial charge in [-0.3, -0.25) is 9.80 Å². The van der Waals surface area contributed by atoms with E-state index in [1.807, 2.05) is 18.2 Å². The van der Waals surface area contributed by atoms with Gasteiger partial charge in [0.25, 0.3) is 0 Å². The summed E-state index contributed by atoms with van der Waals surface area (Å²) in [5, 5.41) is 20.8. The maximum absolute atomic E-state index is 11.4. The van der Waals surface area contributed by atoms with Gasteiger partial charge in [-0.1, -0.05) is 48.9 Å². The molecule has 25 heavy (non-hydrogen) atoms. The summed E-state index contributed by atoms with van der Waals surface area (Å²) in [6.07, 6.45) is 9.77. The largest absolute Gasteiger partial charge is 0.395 e. The van der Waals surface area contributed by atoms with Crippen LogP contribution in [0.5, 0.6) is 0 Å². The van der Waals surface area contributed by atoms with E-state index >= 15 is 0 Å². The third kappa shape index (κ3) is 4.91. The number of aliphatic hydroxyl groups is 2. The molecule has 2 heterocycles. The van der Waals surface area contributed by atoms with Gasteiger partial charge in [0.1, 0.15) is 0 Å². The first-order valence-electron chi connectivity index (χ1n) is 9.72. The number of hydrogen-bond acceptors (Lipinski definition) is 4. The van der Waals surface area contributed by atoms with E-state index in [1.165, 1.54) is 18.4 Å². The Kier molecular flexibility index (Phi) is 6.65. The van der Waals surface area contributed by atoms with Crippen molar-refractivity contribution in [1.29, 1.82) is 0 Å². The van der Waals surface area contributed by atoms with Gasteiger partial charge >= 0.3 is 0 Å². The van der Waals surface area contributed by atoms with Crippen LogP contribution in [0.2, 0.25) is 0 Å². The number of aliphatic hydroxyl groups excluding tert-OH is 1. The second-order valence-corrected chi connectivity index (χ2v) is 7.53. The summed E-state index contributed by atoms with van der Waals surface area (Å²) in [5.41, 5.74) is 0.537. The fourth-order valence-corrected chi connectivity index (χ4v) is 4.47. The predicted octanol–water partition coefficient (Wildman–Crippen LogP) is 2.37. The van der Waals surface area contributed by atoms with Crippen LogP contribution in [0.25, 0.3) is 6.08 Å². The lowest BCUT2D eigenvalue weighted by Gasteiger charge is -2.50. The van der Waals surface area contributed by atoms with Crippen LogP contribution in [0, 0.1) is 0 Å². The van der Waals surface area contributed by atoms with E-state index in [0.717, 1.165) is 38.9 Å². The average Bonchev–Trinajstić information content (AvgIpc) is 2.63. The molecule has 1 aromatic carbocycles. The first-order valence-corrected chi connectivity index (χ1v) is 9.72. The van der Waals surface area contributed by atoms with E-state index in [4.69, 9.17) is 0 Å². The van der Waals surface area contributed by atoms with Gasteiger partial charge in [-0.15, -0.1) is 0 Å². The second-order valence-electron chi connectivity index (χ2n) is 7.53. The molecular weight excluding hydrogens is 312 g/mol. The Morgan fingerprint density at radius 2 is 1.96 bits per heavy atom. The third-order valence-electron chi connectivity index (χ3n) is 5.68. The summed E-state index contributed by atoms with van der Waals surface area (Å²) >= 11 is 0. The number of piperidine rings is 2. The molecule has 0 amide bonds.